The largest absolute Gasteiger partial charge is 0.0685 e. The van der Waals surface area contributed by atoms with Crippen molar-refractivity contribution in [2.45, 2.75) is 12.1 Å². The maximum atomic E-state index is 1.76. The molecule has 0 bridgehead atoms. The average Bonchev–Trinajstić information content (AvgIpc) is 1.76. The van der Waals surface area contributed by atoms with E-state index in [1.165, 1.54) is 0 Å². The standard InChI is InChI=1S/C2H10Si3/c1-2-4-5-3-1/h1-5H2. The Morgan fingerprint density at radius 2 is 1.60 bits per heavy atom. The highest BCUT2D eigenvalue weighted by atomic mass is 29.5. The summed E-state index contributed by atoms with van der Waals surface area (Å²) in [4.78, 5) is 0. The molecule has 0 aromatic rings. The Hall–Kier alpha value is 0.651. The van der Waals surface area contributed by atoms with Crippen LogP contribution in [0.15, 0.2) is 0 Å². The Morgan fingerprint density at radius 1 is 1.00 bits per heavy atom. The van der Waals surface area contributed by atoms with Crippen molar-refractivity contribution in [1.82, 2.24) is 0 Å². The Kier molecular flexibility index (Phi) is 1.49. The van der Waals surface area contributed by atoms with Crippen molar-refractivity contribution in [1.29, 1.82) is 0 Å². The van der Waals surface area contributed by atoms with Crippen molar-refractivity contribution < 1.29 is 0 Å². The fourth-order valence-corrected chi connectivity index (χ4v) is 23.9. The molecular formula is C2H10Si3. The van der Waals surface area contributed by atoms with Gasteiger partial charge in [-0.05, 0) is 8.55 Å². The van der Waals surface area contributed by atoms with E-state index >= 15 is 0 Å². The average molecular weight is 118 g/mol. The van der Waals surface area contributed by atoms with E-state index in [-0.39, 0.29) is 0 Å². The summed E-state index contributed by atoms with van der Waals surface area (Å²) in [5.41, 5.74) is 0. The topological polar surface area (TPSA) is 0 Å². The van der Waals surface area contributed by atoms with Gasteiger partial charge in [0.25, 0.3) is 0 Å². The zero-order chi connectivity index (χ0) is 3.54. The highest BCUT2D eigenvalue weighted by Crippen LogP contribution is 1.92. The van der Waals surface area contributed by atoms with Gasteiger partial charge in [0.05, 0.1) is 0 Å². The van der Waals surface area contributed by atoms with E-state index in [1.807, 2.05) is 0 Å². The molecule has 30 valence electrons. The van der Waals surface area contributed by atoms with Gasteiger partial charge in [0.2, 0.25) is 0 Å². The molecule has 0 amide bonds. The first-order valence-electron chi connectivity index (χ1n) is 2.50. The van der Waals surface area contributed by atoms with E-state index in [4.69, 9.17) is 0 Å². The van der Waals surface area contributed by atoms with Gasteiger partial charge in [-0.1, -0.05) is 12.1 Å². The Labute approximate surface area is 39.4 Å². The van der Waals surface area contributed by atoms with Gasteiger partial charge in [-0.3, -0.25) is 0 Å². The van der Waals surface area contributed by atoms with Crippen LogP contribution >= 0.6 is 0 Å². The van der Waals surface area contributed by atoms with Crippen LogP contribution in [0.5, 0.6) is 0 Å². The molecule has 5 heavy (non-hydrogen) atoms. The van der Waals surface area contributed by atoms with Gasteiger partial charge >= 0.3 is 0 Å². The molecule has 3 heteroatoms. The van der Waals surface area contributed by atoms with Crippen LogP contribution in [0, 0.1) is 0 Å². The Morgan fingerprint density at radius 3 is 1.80 bits per heavy atom. The van der Waals surface area contributed by atoms with Crippen LogP contribution in [0.4, 0.5) is 0 Å². The summed E-state index contributed by atoms with van der Waals surface area (Å²) >= 11 is 0. The molecule has 1 fully saturated rings. The molecule has 0 unspecified atom stereocenters. The van der Waals surface area contributed by atoms with E-state index in [9.17, 15) is 0 Å². The van der Waals surface area contributed by atoms with E-state index < -0.39 is 0 Å². The predicted molar refractivity (Wildman–Crippen MR) is 35.2 cm³/mol. The monoisotopic (exact) mass is 118 g/mol. The highest BCUT2D eigenvalue weighted by Gasteiger charge is 1.98. The Bertz CT molecular complexity index is 16.5. The van der Waals surface area contributed by atoms with E-state index in [2.05, 4.69) is 0 Å². The lowest BCUT2D eigenvalue weighted by atomic mass is 11.0. The lowest BCUT2D eigenvalue weighted by Crippen LogP contribution is -1.96. The third-order valence-corrected chi connectivity index (χ3v) is 20.2. The van der Waals surface area contributed by atoms with E-state index in [0.717, 1.165) is 26.6 Å². The molecule has 1 aliphatic rings. The second-order valence-corrected chi connectivity index (χ2v) is 18.0. The fourth-order valence-electron chi connectivity index (χ4n) is 0.884. The van der Waals surface area contributed by atoms with Gasteiger partial charge in [0.1, 0.15) is 0 Å². The van der Waals surface area contributed by atoms with Crippen LogP contribution in [0.3, 0.4) is 0 Å². The van der Waals surface area contributed by atoms with Crippen LogP contribution in [-0.4, -0.2) is 26.6 Å². The molecule has 0 spiro atoms. The summed E-state index contributed by atoms with van der Waals surface area (Å²) < 4.78 is 0. The van der Waals surface area contributed by atoms with Crippen LogP contribution in [0.2, 0.25) is 12.1 Å². The van der Waals surface area contributed by atoms with Gasteiger partial charge in [-0.2, -0.15) is 0 Å². The van der Waals surface area contributed by atoms with Gasteiger partial charge in [0.15, 0.2) is 0 Å². The third kappa shape index (κ3) is 1.02. The molecular weight excluding hydrogens is 108 g/mol. The third-order valence-electron chi connectivity index (χ3n) is 1.25. The molecule has 1 heterocycles. The molecule has 1 saturated heterocycles. The second-order valence-electron chi connectivity index (χ2n) is 1.77. The van der Waals surface area contributed by atoms with E-state index in [0.29, 0.717) is 0 Å². The summed E-state index contributed by atoms with van der Waals surface area (Å²) in [7, 11) is 2.31. The number of hydrogen-bond donors (Lipinski definition) is 0. The number of rotatable bonds is 0. The molecule has 1 rings (SSSR count). The van der Waals surface area contributed by atoms with Crippen LogP contribution in [-0.2, 0) is 0 Å². The van der Waals surface area contributed by atoms with Crippen molar-refractivity contribution in [3.05, 3.63) is 0 Å². The van der Waals surface area contributed by atoms with Crippen molar-refractivity contribution in [3.63, 3.8) is 0 Å². The predicted octanol–water partition coefficient (Wildman–Crippen LogP) is -1.83. The summed E-state index contributed by atoms with van der Waals surface area (Å²) in [6.45, 7) is 0. The molecule has 0 aliphatic carbocycles. The molecule has 1 aliphatic heterocycles. The summed E-state index contributed by atoms with van der Waals surface area (Å²) in [6.07, 6.45) is 0. The van der Waals surface area contributed by atoms with Crippen molar-refractivity contribution in [2.75, 3.05) is 0 Å². The second kappa shape index (κ2) is 1.94. The van der Waals surface area contributed by atoms with E-state index in [1.54, 1.807) is 12.1 Å². The van der Waals surface area contributed by atoms with Crippen LogP contribution < -0.4 is 0 Å². The van der Waals surface area contributed by atoms with Crippen molar-refractivity contribution in [2.24, 2.45) is 0 Å². The minimum absolute atomic E-state index is 0.744. The highest BCUT2D eigenvalue weighted by molar-refractivity contribution is 7.31. The van der Waals surface area contributed by atoms with Crippen LogP contribution in [0.25, 0.3) is 0 Å². The Balaban J connectivity index is 2.08. The summed E-state index contributed by atoms with van der Waals surface area (Å²) in [5, 5.41) is 0. The van der Waals surface area contributed by atoms with Crippen molar-refractivity contribution in [3.8, 4) is 0 Å². The molecule has 0 saturated carbocycles. The van der Waals surface area contributed by atoms with Crippen LogP contribution in [0.1, 0.15) is 0 Å². The smallest absolute Gasteiger partial charge is 0.00454 e. The SMILES string of the molecule is C1C[SiH2][SiH2][SiH2]1. The molecule has 0 nitrogen and oxygen atoms in total. The minimum Gasteiger partial charge on any atom is -0.0685 e. The molecule has 0 atom stereocenters. The molecule has 0 N–H and O–H groups in total. The quantitative estimate of drug-likeness (QED) is 0.328. The lowest BCUT2D eigenvalue weighted by molar-refractivity contribution is 1.46. The van der Waals surface area contributed by atoms with Gasteiger partial charge in [-0.15, -0.1) is 0 Å². The van der Waals surface area contributed by atoms with Crippen molar-refractivity contribution >= 4 is 26.6 Å². The van der Waals surface area contributed by atoms with Gasteiger partial charge < -0.3 is 0 Å². The molecule has 0 radical (unpaired) electrons. The number of hydrogen-bond acceptors (Lipinski definition) is 0. The molecule has 0 aromatic heterocycles. The minimum atomic E-state index is 0.744. The van der Waals surface area contributed by atoms with Gasteiger partial charge in [-0.25, -0.2) is 0 Å². The first-order valence-corrected chi connectivity index (χ1v) is 12.5. The normalized spacial score (nSPS) is 38.4. The summed E-state index contributed by atoms with van der Waals surface area (Å²) in [6, 6.07) is 3.52. The molecule has 0 aromatic carbocycles. The lowest BCUT2D eigenvalue weighted by Gasteiger charge is -1.67. The zero-order valence-corrected chi connectivity index (χ0v) is 7.78. The first-order chi connectivity index (χ1) is 2.50. The van der Waals surface area contributed by atoms with Gasteiger partial charge in [0, 0.05) is 18.1 Å². The fraction of sp³-hybridized carbons (Fsp3) is 1.00. The maximum Gasteiger partial charge on any atom is 0.00454 e. The zero-order valence-electron chi connectivity index (χ0n) is 3.54. The first kappa shape index (κ1) is 3.83. The summed E-state index contributed by atoms with van der Waals surface area (Å²) in [5.74, 6) is 0. The maximum absolute atomic E-state index is 1.76.